The minimum Gasteiger partial charge on any atom is -0.497 e. The summed E-state index contributed by atoms with van der Waals surface area (Å²) in [5.74, 6) is -0.0125. The third kappa shape index (κ3) is 4.71. The van der Waals surface area contributed by atoms with Gasteiger partial charge in [0.25, 0.3) is 17.3 Å². The highest BCUT2D eigenvalue weighted by Crippen LogP contribution is 2.32. The Hall–Kier alpha value is -4.71. The van der Waals surface area contributed by atoms with Gasteiger partial charge in [-0.05, 0) is 42.0 Å². The van der Waals surface area contributed by atoms with Crippen molar-refractivity contribution in [2.24, 2.45) is 5.10 Å². The number of hydrazone groups is 1. The molecular weight excluding hydrogens is 462 g/mol. The number of benzene rings is 3. The molecule has 0 radical (unpaired) electrons. The maximum atomic E-state index is 13.3. The SMILES string of the molecule is COc1ccc2nc(N(/N=C/c3ccc([N+](=O)[O-])cc3)C(=O)c3cccc([N+](=O)[O-])c3)sc2c1. The van der Waals surface area contributed by atoms with Gasteiger partial charge in [-0.1, -0.05) is 17.4 Å². The fourth-order valence-electron chi connectivity index (χ4n) is 2.98. The van der Waals surface area contributed by atoms with E-state index in [4.69, 9.17) is 4.74 Å². The molecule has 1 amide bonds. The Morgan fingerprint density at radius 2 is 1.76 bits per heavy atom. The fraction of sp³-hybridized carbons (Fsp3) is 0.0455. The molecule has 0 unspecified atom stereocenters. The maximum Gasteiger partial charge on any atom is 0.281 e. The van der Waals surface area contributed by atoms with Gasteiger partial charge in [-0.2, -0.15) is 10.1 Å². The summed E-state index contributed by atoms with van der Waals surface area (Å²) in [7, 11) is 1.54. The number of carbonyl (C=O) groups is 1. The van der Waals surface area contributed by atoms with E-state index in [0.29, 0.717) is 16.8 Å². The molecule has 0 saturated heterocycles. The molecule has 12 heteroatoms. The van der Waals surface area contributed by atoms with E-state index in [2.05, 4.69) is 10.1 Å². The van der Waals surface area contributed by atoms with Crippen molar-refractivity contribution < 1.29 is 19.4 Å². The lowest BCUT2D eigenvalue weighted by molar-refractivity contribution is -0.385. The van der Waals surface area contributed by atoms with E-state index in [1.807, 2.05) is 0 Å². The zero-order chi connectivity index (χ0) is 24.2. The first-order chi connectivity index (χ1) is 16.4. The summed E-state index contributed by atoms with van der Waals surface area (Å²) in [5.41, 5.74) is 0.848. The van der Waals surface area contributed by atoms with Crippen molar-refractivity contribution >= 4 is 50.2 Å². The summed E-state index contributed by atoms with van der Waals surface area (Å²) in [6.07, 6.45) is 1.35. The van der Waals surface area contributed by atoms with E-state index in [0.717, 1.165) is 15.8 Å². The third-order valence-corrected chi connectivity index (χ3v) is 5.68. The normalized spacial score (nSPS) is 11.0. The van der Waals surface area contributed by atoms with Crippen LogP contribution in [0.3, 0.4) is 0 Å². The van der Waals surface area contributed by atoms with Crippen molar-refractivity contribution in [1.29, 1.82) is 0 Å². The number of non-ortho nitro benzene ring substituents is 2. The van der Waals surface area contributed by atoms with Crippen molar-refractivity contribution in [2.75, 3.05) is 12.1 Å². The molecule has 0 aliphatic rings. The van der Waals surface area contributed by atoms with E-state index >= 15 is 0 Å². The number of fused-ring (bicyclic) bond motifs is 1. The molecule has 0 aliphatic carbocycles. The van der Waals surface area contributed by atoms with Gasteiger partial charge in [-0.25, -0.2) is 4.98 Å². The van der Waals surface area contributed by atoms with Crippen molar-refractivity contribution in [3.8, 4) is 5.75 Å². The molecule has 0 aliphatic heterocycles. The number of anilines is 1. The van der Waals surface area contributed by atoms with Crippen LogP contribution in [-0.2, 0) is 0 Å². The predicted molar refractivity (Wildman–Crippen MR) is 127 cm³/mol. The standard InChI is InChI=1S/C22H15N5O6S/c1-33-18-9-10-19-20(12-18)34-22(24-19)25(21(28)15-3-2-4-17(11-15)27(31)32)23-13-14-5-7-16(8-6-14)26(29)30/h2-13H,1H3/b23-13+. The second kappa shape index (κ2) is 9.42. The Morgan fingerprint density at radius 3 is 2.44 bits per heavy atom. The topological polar surface area (TPSA) is 141 Å². The molecule has 0 bridgehead atoms. The van der Waals surface area contributed by atoms with Gasteiger partial charge in [-0.3, -0.25) is 25.0 Å². The molecule has 11 nitrogen and oxygen atoms in total. The van der Waals surface area contributed by atoms with Crippen LogP contribution < -0.4 is 9.75 Å². The van der Waals surface area contributed by atoms with Crippen LogP contribution in [-0.4, -0.2) is 34.1 Å². The van der Waals surface area contributed by atoms with Crippen LogP contribution in [0.25, 0.3) is 10.2 Å². The minimum absolute atomic E-state index is 0.0480. The number of carbonyl (C=O) groups excluding carboxylic acids is 1. The van der Waals surface area contributed by atoms with Crippen molar-refractivity contribution in [2.45, 2.75) is 0 Å². The monoisotopic (exact) mass is 477 g/mol. The van der Waals surface area contributed by atoms with Crippen molar-refractivity contribution in [3.05, 3.63) is 98.1 Å². The van der Waals surface area contributed by atoms with Crippen LogP contribution in [0.15, 0.2) is 71.8 Å². The first-order valence-electron chi connectivity index (χ1n) is 9.67. The highest BCUT2D eigenvalue weighted by Gasteiger charge is 2.23. The number of nitro benzene ring substituents is 2. The van der Waals surface area contributed by atoms with Crippen molar-refractivity contribution in [3.63, 3.8) is 0 Å². The largest absolute Gasteiger partial charge is 0.497 e. The van der Waals surface area contributed by atoms with E-state index in [1.54, 1.807) is 18.2 Å². The molecule has 1 heterocycles. The van der Waals surface area contributed by atoms with E-state index < -0.39 is 15.8 Å². The Balaban J connectivity index is 1.75. The maximum absolute atomic E-state index is 13.3. The average Bonchev–Trinajstić information content (AvgIpc) is 3.27. The third-order valence-electron chi connectivity index (χ3n) is 4.69. The Morgan fingerprint density at radius 1 is 1.03 bits per heavy atom. The molecule has 0 fully saturated rings. The smallest absolute Gasteiger partial charge is 0.281 e. The second-order valence-electron chi connectivity index (χ2n) is 6.85. The number of rotatable bonds is 7. The lowest BCUT2D eigenvalue weighted by Gasteiger charge is -2.13. The summed E-state index contributed by atoms with van der Waals surface area (Å²) in [6, 6.07) is 16.2. The summed E-state index contributed by atoms with van der Waals surface area (Å²) < 4.78 is 5.98. The number of nitrogens with zero attached hydrogens (tertiary/aromatic N) is 5. The average molecular weight is 477 g/mol. The van der Waals surface area contributed by atoms with Gasteiger partial charge >= 0.3 is 0 Å². The summed E-state index contributed by atoms with van der Waals surface area (Å²) >= 11 is 1.19. The van der Waals surface area contributed by atoms with Crippen LogP contribution in [0.4, 0.5) is 16.5 Å². The van der Waals surface area contributed by atoms with Crippen molar-refractivity contribution in [1.82, 2.24) is 4.98 Å². The fourth-order valence-corrected chi connectivity index (χ4v) is 3.93. The highest BCUT2D eigenvalue weighted by molar-refractivity contribution is 7.22. The molecule has 3 aromatic carbocycles. The lowest BCUT2D eigenvalue weighted by Crippen LogP contribution is -2.25. The number of methoxy groups -OCH3 is 1. The number of thiazole rings is 1. The van der Waals surface area contributed by atoms with Crippen LogP contribution >= 0.6 is 11.3 Å². The molecule has 0 saturated carbocycles. The molecule has 1 aromatic heterocycles. The highest BCUT2D eigenvalue weighted by atomic mass is 32.1. The van der Waals surface area contributed by atoms with Crippen LogP contribution in [0.2, 0.25) is 0 Å². The Kier molecular flexibility index (Phi) is 6.23. The number of nitro groups is 2. The zero-order valence-corrected chi connectivity index (χ0v) is 18.3. The van der Waals surface area contributed by atoms with Gasteiger partial charge in [0.2, 0.25) is 5.13 Å². The molecule has 0 atom stereocenters. The van der Waals surface area contributed by atoms with Crippen LogP contribution in [0, 0.1) is 20.2 Å². The molecule has 34 heavy (non-hydrogen) atoms. The second-order valence-corrected chi connectivity index (χ2v) is 7.86. The predicted octanol–water partition coefficient (Wildman–Crippen LogP) is 4.80. The molecule has 0 spiro atoms. The van der Waals surface area contributed by atoms with Gasteiger partial charge in [-0.15, -0.1) is 0 Å². The van der Waals surface area contributed by atoms with Gasteiger partial charge in [0.05, 0.1) is 33.4 Å². The number of amides is 1. The van der Waals surface area contributed by atoms with Gasteiger partial charge in [0.1, 0.15) is 5.75 Å². The number of hydrogen-bond donors (Lipinski definition) is 0. The number of ether oxygens (including phenoxy) is 1. The molecule has 4 aromatic rings. The summed E-state index contributed by atoms with van der Waals surface area (Å²) in [4.78, 5) is 38.7. The Labute approximate surface area is 195 Å². The van der Waals surface area contributed by atoms with Crippen LogP contribution in [0.5, 0.6) is 5.75 Å². The zero-order valence-electron chi connectivity index (χ0n) is 17.5. The minimum atomic E-state index is -0.632. The van der Waals surface area contributed by atoms with E-state index in [1.165, 1.54) is 67.1 Å². The Bertz CT molecular complexity index is 1430. The van der Waals surface area contributed by atoms with Gasteiger partial charge in [0, 0.05) is 29.8 Å². The first kappa shape index (κ1) is 22.5. The van der Waals surface area contributed by atoms with Crippen LogP contribution in [0.1, 0.15) is 15.9 Å². The molecule has 170 valence electrons. The van der Waals surface area contributed by atoms with Gasteiger partial charge < -0.3 is 4.74 Å². The van der Waals surface area contributed by atoms with Gasteiger partial charge in [0.15, 0.2) is 0 Å². The molecular formula is C22H15N5O6S. The summed E-state index contributed by atoms with van der Waals surface area (Å²) in [6.45, 7) is 0. The lowest BCUT2D eigenvalue weighted by atomic mass is 10.2. The number of hydrogen-bond acceptors (Lipinski definition) is 9. The van der Waals surface area contributed by atoms with E-state index in [-0.39, 0.29) is 22.1 Å². The van der Waals surface area contributed by atoms with E-state index in [9.17, 15) is 25.0 Å². The summed E-state index contributed by atoms with van der Waals surface area (Å²) in [5, 5.41) is 27.6. The number of aromatic nitrogens is 1. The molecule has 0 N–H and O–H groups in total. The quantitative estimate of drug-likeness (QED) is 0.211. The first-order valence-corrected chi connectivity index (χ1v) is 10.5. The molecule has 4 rings (SSSR count).